The summed E-state index contributed by atoms with van der Waals surface area (Å²) in [7, 11) is 0. The van der Waals surface area contributed by atoms with Crippen LogP contribution in [0.1, 0.15) is 5.56 Å². The van der Waals surface area contributed by atoms with E-state index in [0.29, 0.717) is 0 Å². The van der Waals surface area contributed by atoms with Crippen molar-refractivity contribution >= 4 is 0 Å². The molecular weight excluding hydrogens is 209 g/mol. The van der Waals surface area contributed by atoms with Crippen molar-refractivity contribution < 1.29 is 22.6 Å². The third kappa shape index (κ3) is 3.43. The lowest BCUT2D eigenvalue weighted by atomic mass is 10.1. The molecule has 0 bridgehead atoms. The van der Waals surface area contributed by atoms with Crippen LogP contribution < -0.4 is 4.74 Å². The van der Waals surface area contributed by atoms with E-state index in [9.17, 15) is 13.2 Å². The fraction of sp³-hybridized carbons (Fsp3) is 0.400. The molecule has 2 rings (SSSR count). The third-order valence-electron chi connectivity index (χ3n) is 2.02. The molecule has 1 aliphatic rings. The smallest absolute Gasteiger partial charge is 0.406 e. The van der Waals surface area contributed by atoms with Gasteiger partial charge in [-0.2, -0.15) is 0 Å². The minimum atomic E-state index is -4.62. The fourth-order valence-corrected chi connectivity index (χ4v) is 1.28. The molecule has 82 valence electrons. The Labute approximate surface area is 84.6 Å². The molecule has 1 atom stereocenters. The van der Waals surface area contributed by atoms with E-state index in [4.69, 9.17) is 4.74 Å². The van der Waals surface area contributed by atoms with Crippen LogP contribution in [0.2, 0.25) is 0 Å². The van der Waals surface area contributed by atoms with Crippen LogP contribution in [0, 0.1) is 0 Å². The lowest BCUT2D eigenvalue weighted by Crippen LogP contribution is -2.17. The normalized spacial score (nSPS) is 20.1. The summed E-state index contributed by atoms with van der Waals surface area (Å²) in [6.07, 6.45) is -3.65. The highest BCUT2D eigenvalue weighted by Gasteiger charge is 2.31. The van der Waals surface area contributed by atoms with E-state index in [1.165, 1.54) is 12.1 Å². The van der Waals surface area contributed by atoms with Gasteiger partial charge >= 0.3 is 6.36 Å². The molecule has 0 spiro atoms. The van der Waals surface area contributed by atoms with Crippen LogP contribution >= 0.6 is 0 Å². The fourth-order valence-electron chi connectivity index (χ4n) is 1.28. The Kier molecular flexibility index (Phi) is 2.56. The van der Waals surface area contributed by atoms with E-state index in [1.54, 1.807) is 12.1 Å². The van der Waals surface area contributed by atoms with Gasteiger partial charge in [0.25, 0.3) is 0 Å². The number of hydrogen-bond acceptors (Lipinski definition) is 2. The second-order valence-electron chi connectivity index (χ2n) is 3.35. The predicted octanol–water partition coefficient (Wildman–Crippen LogP) is 2.53. The standard InChI is InChI=1S/C10H9F3O2/c11-10(12,13)15-8-3-1-7(2-4-8)5-9-6-14-9/h1-4,9H,5-6H2. The van der Waals surface area contributed by atoms with Crippen molar-refractivity contribution in [3.05, 3.63) is 29.8 Å². The summed E-state index contributed by atoms with van der Waals surface area (Å²) in [5, 5.41) is 0. The number of benzene rings is 1. The van der Waals surface area contributed by atoms with E-state index in [0.717, 1.165) is 18.6 Å². The number of halogens is 3. The van der Waals surface area contributed by atoms with Gasteiger partial charge in [-0.05, 0) is 17.7 Å². The lowest BCUT2D eigenvalue weighted by Gasteiger charge is -2.08. The van der Waals surface area contributed by atoms with Crippen LogP contribution in [-0.4, -0.2) is 19.1 Å². The summed E-state index contributed by atoms with van der Waals surface area (Å²) >= 11 is 0. The maximum atomic E-state index is 11.8. The quantitative estimate of drug-likeness (QED) is 0.727. The molecule has 15 heavy (non-hydrogen) atoms. The second-order valence-corrected chi connectivity index (χ2v) is 3.35. The molecule has 0 amide bonds. The van der Waals surface area contributed by atoms with Crippen LogP contribution in [0.3, 0.4) is 0 Å². The molecule has 1 saturated heterocycles. The summed E-state index contributed by atoms with van der Waals surface area (Å²) in [5.41, 5.74) is 0.951. The first kappa shape index (κ1) is 10.3. The topological polar surface area (TPSA) is 21.8 Å². The minimum absolute atomic E-state index is 0.192. The zero-order valence-electron chi connectivity index (χ0n) is 7.75. The molecule has 0 aliphatic carbocycles. The Bertz CT molecular complexity index is 328. The van der Waals surface area contributed by atoms with Gasteiger partial charge in [0.1, 0.15) is 5.75 Å². The van der Waals surface area contributed by atoms with Crippen molar-refractivity contribution in [1.29, 1.82) is 0 Å². The lowest BCUT2D eigenvalue weighted by molar-refractivity contribution is -0.274. The van der Waals surface area contributed by atoms with Gasteiger partial charge in [0.15, 0.2) is 0 Å². The largest absolute Gasteiger partial charge is 0.573 e. The number of alkyl halides is 3. The molecule has 0 N–H and O–H groups in total. The van der Waals surface area contributed by atoms with Crippen LogP contribution in [0.4, 0.5) is 13.2 Å². The summed E-state index contributed by atoms with van der Waals surface area (Å²) in [5.74, 6) is -0.192. The highest BCUT2D eigenvalue weighted by molar-refractivity contribution is 5.28. The SMILES string of the molecule is FC(F)(F)Oc1ccc(CC2CO2)cc1. The maximum absolute atomic E-state index is 11.8. The molecule has 1 aliphatic heterocycles. The Balaban J connectivity index is 1.96. The predicted molar refractivity (Wildman–Crippen MR) is 46.6 cm³/mol. The van der Waals surface area contributed by atoms with Crippen LogP contribution in [0.15, 0.2) is 24.3 Å². The van der Waals surface area contributed by atoms with Crippen molar-refractivity contribution in [3.63, 3.8) is 0 Å². The van der Waals surface area contributed by atoms with Crippen LogP contribution in [0.25, 0.3) is 0 Å². The zero-order chi connectivity index (χ0) is 10.9. The van der Waals surface area contributed by atoms with E-state index in [-0.39, 0.29) is 11.9 Å². The first-order valence-electron chi connectivity index (χ1n) is 4.49. The monoisotopic (exact) mass is 218 g/mol. The van der Waals surface area contributed by atoms with Gasteiger partial charge in [0, 0.05) is 6.42 Å². The minimum Gasteiger partial charge on any atom is -0.406 e. The average molecular weight is 218 g/mol. The van der Waals surface area contributed by atoms with Gasteiger partial charge in [-0.1, -0.05) is 12.1 Å². The first-order chi connectivity index (χ1) is 7.03. The highest BCUT2D eigenvalue weighted by Crippen LogP contribution is 2.24. The number of ether oxygens (including phenoxy) is 2. The molecule has 1 heterocycles. The summed E-state index contributed by atoms with van der Waals surface area (Å²) in [6, 6.07) is 5.85. The van der Waals surface area contributed by atoms with Crippen LogP contribution in [0.5, 0.6) is 5.75 Å². The van der Waals surface area contributed by atoms with Gasteiger partial charge in [0.2, 0.25) is 0 Å². The Hall–Kier alpha value is -1.23. The molecule has 1 fully saturated rings. The van der Waals surface area contributed by atoms with Crippen molar-refractivity contribution in [2.45, 2.75) is 18.9 Å². The van der Waals surface area contributed by atoms with E-state index < -0.39 is 6.36 Å². The Morgan fingerprint density at radius 3 is 2.33 bits per heavy atom. The number of epoxide rings is 1. The van der Waals surface area contributed by atoms with Crippen molar-refractivity contribution in [1.82, 2.24) is 0 Å². The Morgan fingerprint density at radius 1 is 1.27 bits per heavy atom. The van der Waals surface area contributed by atoms with Gasteiger partial charge in [-0.15, -0.1) is 13.2 Å². The molecule has 0 saturated carbocycles. The number of rotatable bonds is 3. The van der Waals surface area contributed by atoms with E-state index in [2.05, 4.69) is 4.74 Å². The number of hydrogen-bond donors (Lipinski definition) is 0. The Morgan fingerprint density at radius 2 is 1.87 bits per heavy atom. The molecule has 0 radical (unpaired) electrons. The van der Waals surface area contributed by atoms with E-state index >= 15 is 0 Å². The van der Waals surface area contributed by atoms with Gasteiger partial charge in [-0.25, -0.2) is 0 Å². The summed E-state index contributed by atoms with van der Waals surface area (Å²) in [4.78, 5) is 0. The van der Waals surface area contributed by atoms with Crippen molar-refractivity contribution in [3.8, 4) is 5.75 Å². The average Bonchev–Trinajstić information content (AvgIpc) is 2.90. The van der Waals surface area contributed by atoms with Crippen molar-refractivity contribution in [2.24, 2.45) is 0 Å². The van der Waals surface area contributed by atoms with Gasteiger partial charge in [0.05, 0.1) is 12.7 Å². The second kappa shape index (κ2) is 3.73. The van der Waals surface area contributed by atoms with Crippen LogP contribution in [-0.2, 0) is 11.2 Å². The molecule has 0 aromatic heterocycles. The summed E-state index contributed by atoms with van der Waals surface area (Å²) < 4.78 is 44.2. The molecular formula is C10H9F3O2. The van der Waals surface area contributed by atoms with Gasteiger partial charge < -0.3 is 9.47 Å². The van der Waals surface area contributed by atoms with E-state index in [1.807, 2.05) is 0 Å². The maximum Gasteiger partial charge on any atom is 0.573 e. The molecule has 1 aromatic rings. The molecule has 2 nitrogen and oxygen atoms in total. The molecule has 5 heteroatoms. The molecule has 1 unspecified atom stereocenters. The highest BCUT2D eigenvalue weighted by atomic mass is 19.4. The summed E-state index contributed by atoms with van der Waals surface area (Å²) in [6.45, 7) is 0.737. The molecule has 1 aromatic carbocycles. The third-order valence-corrected chi connectivity index (χ3v) is 2.02. The zero-order valence-corrected chi connectivity index (χ0v) is 7.75. The first-order valence-corrected chi connectivity index (χ1v) is 4.49. The van der Waals surface area contributed by atoms with Crippen molar-refractivity contribution in [2.75, 3.05) is 6.61 Å². The van der Waals surface area contributed by atoms with Gasteiger partial charge in [-0.3, -0.25) is 0 Å².